The third-order valence-electron chi connectivity index (χ3n) is 8.57. The van der Waals surface area contributed by atoms with Gasteiger partial charge in [-0.3, -0.25) is 4.98 Å². The van der Waals surface area contributed by atoms with E-state index in [9.17, 15) is 0 Å². The zero-order valence-electron chi connectivity index (χ0n) is 22.1. The van der Waals surface area contributed by atoms with Crippen LogP contribution in [0.5, 0.6) is 0 Å². The predicted molar refractivity (Wildman–Crippen MR) is 172 cm³/mol. The first kappa shape index (κ1) is 22.4. The molecule has 190 valence electrons. The summed E-state index contributed by atoms with van der Waals surface area (Å²) in [4.78, 5) is 4.22. The Kier molecular flexibility index (Phi) is 4.64. The molecule has 0 amide bonds. The molecule has 7 aromatic carbocycles. The van der Waals surface area contributed by atoms with Crippen LogP contribution in [-0.4, -0.2) is 4.98 Å². The maximum absolute atomic E-state index is 6.31. The Labute approximate surface area is 236 Å². The summed E-state index contributed by atoms with van der Waals surface area (Å²) in [6, 6.07) is 45.9. The van der Waals surface area contributed by atoms with E-state index in [-0.39, 0.29) is 0 Å². The lowest BCUT2D eigenvalue weighted by molar-refractivity contribution is 0.670. The number of rotatable bonds is 3. The molecule has 0 saturated carbocycles. The number of hydrogen-bond donors (Lipinski definition) is 0. The minimum absolute atomic E-state index is 0.923. The van der Waals surface area contributed by atoms with Gasteiger partial charge in [-0.15, -0.1) is 0 Å². The minimum Gasteiger partial charge on any atom is -0.455 e. The first-order chi connectivity index (χ1) is 20.3. The topological polar surface area (TPSA) is 26.0 Å². The van der Waals surface area contributed by atoms with Crippen LogP contribution in [0, 0.1) is 0 Å². The van der Waals surface area contributed by atoms with Gasteiger partial charge in [-0.05, 0) is 78.3 Å². The van der Waals surface area contributed by atoms with E-state index < -0.39 is 0 Å². The van der Waals surface area contributed by atoms with Gasteiger partial charge >= 0.3 is 0 Å². The Hall–Kier alpha value is -5.47. The van der Waals surface area contributed by atoms with Crippen LogP contribution in [0.4, 0.5) is 0 Å². The van der Waals surface area contributed by atoms with E-state index in [1.165, 1.54) is 54.6 Å². The van der Waals surface area contributed by atoms with Crippen molar-refractivity contribution in [3.8, 4) is 33.4 Å². The second-order valence-electron chi connectivity index (χ2n) is 10.7. The summed E-state index contributed by atoms with van der Waals surface area (Å²) in [6.07, 6.45) is 3.73. The van der Waals surface area contributed by atoms with Crippen LogP contribution >= 0.6 is 0 Å². The summed E-state index contributed by atoms with van der Waals surface area (Å²) in [5, 5.41) is 10.0. The van der Waals surface area contributed by atoms with Crippen LogP contribution < -0.4 is 0 Å². The van der Waals surface area contributed by atoms with E-state index >= 15 is 0 Å². The second kappa shape index (κ2) is 8.51. The maximum atomic E-state index is 6.31. The Morgan fingerprint density at radius 1 is 0.390 bits per heavy atom. The highest BCUT2D eigenvalue weighted by atomic mass is 16.3. The molecule has 0 aliphatic heterocycles. The van der Waals surface area contributed by atoms with Gasteiger partial charge in [0, 0.05) is 28.7 Å². The summed E-state index contributed by atoms with van der Waals surface area (Å²) in [5.41, 5.74) is 9.01. The van der Waals surface area contributed by atoms with Crippen LogP contribution in [0.1, 0.15) is 0 Å². The molecule has 0 saturated heterocycles. The zero-order valence-corrected chi connectivity index (χ0v) is 22.1. The van der Waals surface area contributed by atoms with Crippen molar-refractivity contribution in [3.05, 3.63) is 140 Å². The number of benzene rings is 7. The molecular weight excluding hydrogens is 498 g/mol. The van der Waals surface area contributed by atoms with Gasteiger partial charge in [0.2, 0.25) is 0 Å². The molecule has 0 bridgehead atoms. The number of nitrogens with zero attached hydrogens (tertiary/aromatic N) is 1. The monoisotopic (exact) mass is 521 g/mol. The van der Waals surface area contributed by atoms with Crippen LogP contribution in [0.2, 0.25) is 0 Å². The van der Waals surface area contributed by atoms with Crippen molar-refractivity contribution in [2.75, 3.05) is 0 Å². The number of fused-ring (bicyclic) bond motifs is 3. The smallest absolute Gasteiger partial charge is 0.143 e. The summed E-state index contributed by atoms with van der Waals surface area (Å²) in [5.74, 6) is 0. The van der Waals surface area contributed by atoms with Crippen LogP contribution in [0.25, 0.3) is 87.6 Å². The SMILES string of the molecule is c1ccc2c(c1)oc1c(-c3ccc(-c4ccc5ccc6c(-c7ccncc7)ccc7ccc4c5c76)cc3)cccc12. The van der Waals surface area contributed by atoms with E-state index in [4.69, 9.17) is 4.42 Å². The van der Waals surface area contributed by atoms with E-state index in [0.717, 1.165) is 33.1 Å². The lowest BCUT2D eigenvalue weighted by atomic mass is 9.87. The quantitative estimate of drug-likeness (QED) is 0.216. The number of hydrogen-bond acceptors (Lipinski definition) is 2. The molecule has 0 aliphatic rings. The van der Waals surface area contributed by atoms with Crippen molar-refractivity contribution in [2.24, 2.45) is 0 Å². The van der Waals surface area contributed by atoms with Crippen molar-refractivity contribution in [3.63, 3.8) is 0 Å². The maximum Gasteiger partial charge on any atom is 0.143 e. The summed E-state index contributed by atoms with van der Waals surface area (Å²) in [6.45, 7) is 0. The van der Waals surface area contributed by atoms with Crippen molar-refractivity contribution in [1.29, 1.82) is 0 Å². The fourth-order valence-corrected chi connectivity index (χ4v) is 6.64. The third-order valence-corrected chi connectivity index (χ3v) is 8.57. The Bertz CT molecular complexity index is 2400. The van der Waals surface area contributed by atoms with Gasteiger partial charge in [0.25, 0.3) is 0 Å². The van der Waals surface area contributed by atoms with Gasteiger partial charge in [0.15, 0.2) is 0 Å². The van der Waals surface area contributed by atoms with Crippen molar-refractivity contribution in [1.82, 2.24) is 4.98 Å². The minimum atomic E-state index is 0.923. The van der Waals surface area contributed by atoms with E-state index in [1.807, 2.05) is 24.5 Å². The zero-order chi connectivity index (χ0) is 26.9. The number of pyridine rings is 1. The van der Waals surface area contributed by atoms with Gasteiger partial charge < -0.3 is 4.42 Å². The Morgan fingerprint density at radius 2 is 0.951 bits per heavy atom. The van der Waals surface area contributed by atoms with Crippen LogP contribution in [0.15, 0.2) is 144 Å². The number of furan rings is 1. The molecule has 41 heavy (non-hydrogen) atoms. The van der Waals surface area contributed by atoms with E-state index in [2.05, 4.69) is 120 Å². The number of para-hydroxylation sites is 2. The second-order valence-corrected chi connectivity index (χ2v) is 10.7. The molecule has 0 N–H and O–H groups in total. The van der Waals surface area contributed by atoms with Gasteiger partial charge in [0.05, 0.1) is 0 Å². The first-order valence-corrected chi connectivity index (χ1v) is 14.0. The molecule has 0 spiro atoms. The third kappa shape index (κ3) is 3.28. The van der Waals surface area contributed by atoms with Crippen LogP contribution in [-0.2, 0) is 0 Å². The average Bonchev–Trinajstić information content (AvgIpc) is 3.43. The lowest BCUT2D eigenvalue weighted by Crippen LogP contribution is -1.89. The molecule has 2 aromatic heterocycles. The van der Waals surface area contributed by atoms with Crippen molar-refractivity contribution >= 4 is 54.3 Å². The van der Waals surface area contributed by atoms with Gasteiger partial charge in [-0.1, -0.05) is 109 Å². The highest BCUT2D eigenvalue weighted by Crippen LogP contribution is 2.43. The summed E-state index contributed by atoms with van der Waals surface area (Å²) >= 11 is 0. The van der Waals surface area contributed by atoms with Gasteiger partial charge in [0.1, 0.15) is 11.2 Å². The molecule has 9 rings (SSSR count). The molecule has 0 fully saturated rings. The van der Waals surface area contributed by atoms with Gasteiger partial charge in [-0.2, -0.15) is 0 Å². The highest BCUT2D eigenvalue weighted by molar-refractivity contribution is 6.27. The number of aromatic nitrogens is 1. The molecule has 2 nitrogen and oxygen atoms in total. The van der Waals surface area contributed by atoms with E-state index in [0.29, 0.717) is 0 Å². The van der Waals surface area contributed by atoms with Crippen LogP contribution in [0.3, 0.4) is 0 Å². The van der Waals surface area contributed by atoms with Crippen molar-refractivity contribution < 1.29 is 4.42 Å². The highest BCUT2D eigenvalue weighted by Gasteiger charge is 2.16. The Morgan fingerprint density at radius 3 is 1.63 bits per heavy atom. The normalized spacial score (nSPS) is 11.9. The van der Waals surface area contributed by atoms with E-state index in [1.54, 1.807) is 0 Å². The molecule has 0 unspecified atom stereocenters. The molecule has 2 heteroatoms. The molecule has 0 aliphatic carbocycles. The fourth-order valence-electron chi connectivity index (χ4n) is 6.64. The Balaban J connectivity index is 1.21. The fraction of sp³-hybridized carbons (Fsp3) is 0. The predicted octanol–water partition coefficient (Wildman–Crippen LogP) is 10.9. The standard InChI is InChI=1S/C39H23NO/c1-2-7-36-32(4-1)35-6-3-5-31(39(35)41-36)25-10-8-24(9-11-25)29-16-12-27-15-19-34-30(26-20-22-40-23-21-26)17-13-28-14-18-33(29)37(27)38(28)34/h1-23H. The molecular formula is C39H23NO. The first-order valence-electron chi connectivity index (χ1n) is 14.0. The molecule has 0 radical (unpaired) electrons. The molecule has 9 aromatic rings. The van der Waals surface area contributed by atoms with Gasteiger partial charge in [-0.25, -0.2) is 0 Å². The summed E-state index contributed by atoms with van der Waals surface area (Å²) < 4.78 is 6.31. The average molecular weight is 522 g/mol. The largest absolute Gasteiger partial charge is 0.455 e. The summed E-state index contributed by atoms with van der Waals surface area (Å²) in [7, 11) is 0. The molecule has 2 heterocycles. The lowest BCUT2D eigenvalue weighted by Gasteiger charge is -2.16. The van der Waals surface area contributed by atoms with Crippen molar-refractivity contribution in [2.45, 2.75) is 0 Å². The molecule has 0 atom stereocenters.